The van der Waals surface area contributed by atoms with Gasteiger partial charge in [-0.1, -0.05) is 0 Å². The number of hydrogen-bond donors (Lipinski definition) is 0. The lowest BCUT2D eigenvalue weighted by molar-refractivity contribution is -0.417. The molecule has 0 rings (SSSR count). The molecule has 0 amide bonds. The highest BCUT2D eigenvalue weighted by Crippen LogP contribution is 2.57. The third-order valence-corrected chi connectivity index (χ3v) is 1.85. The van der Waals surface area contributed by atoms with E-state index in [2.05, 4.69) is 0 Å². The number of alkyl halides is 13. The third kappa shape index (κ3) is 2.68. The quantitative estimate of drug-likeness (QED) is 0.664. The molecule has 13 heteroatoms. The summed E-state index contributed by atoms with van der Waals surface area (Å²) in [6.45, 7) is 0. The minimum absolute atomic E-state index is 5.99. The van der Waals surface area contributed by atoms with Gasteiger partial charge in [-0.3, -0.25) is 0 Å². The van der Waals surface area contributed by atoms with E-state index >= 15 is 0 Å². The molecule has 0 fully saturated rings. The fourth-order valence-corrected chi connectivity index (χ4v) is 0.919. The van der Waals surface area contributed by atoms with Crippen LogP contribution in [0.25, 0.3) is 0 Å². The Labute approximate surface area is 94.7 Å². The van der Waals surface area contributed by atoms with Crippen LogP contribution >= 0.6 is 0 Å². The molecule has 0 aromatic rings. The Bertz CT molecular complexity index is 301. The maximum Gasteiger partial charge on any atom is 0.437 e. The van der Waals surface area contributed by atoms with E-state index in [1.807, 2.05) is 0 Å². The number of halogens is 13. The summed E-state index contributed by atoms with van der Waals surface area (Å²) < 4.78 is 155. The zero-order chi connectivity index (χ0) is 16.1. The largest absolute Gasteiger partial charge is 0.437 e. The van der Waals surface area contributed by atoms with Crippen LogP contribution in [0.3, 0.4) is 0 Å². The van der Waals surface area contributed by atoms with Crippen LogP contribution in [-0.2, 0) is 0 Å². The van der Waals surface area contributed by atoms with E-state index in [-0.39, 0.29) is 0 Å². The molecule has 0 aromatic heterocycles. The second kappa shape index (κ2) is 4.30. The Morgan fingerprint density at radius 3 is 0.947 bits per heavy atom. The van der Waals surface area contributed by atoms with E-state index < -0.39 is 36.3 Å². The van der Waals surface area contributed by atoms with Crippen molar-refractivity contribution in [1.29, 1.82) is 0 Å². The third-order valence-electron chi connectivity index (χ3n) is 1.85. The van der Waals surface area contributed by atoms with Crippen molar-refractivity contribution >= 4 is 0 Å². The Morgan fingerprint density at radius 2 is 0.789 bits per heavy atom. The van der Waals surface area contributed by atoms with Crippen molar-refractivity contribution in [3.8, 4) is 0 Å². The predicted octanol–water partition coefficient (Wildman–Crippen LogP) is 4.36. The smallest absolute Gasteiger partial charge is 0.231 e. The van der Waals surface area contributed by atoms with Gasteiger partial charge in [0.15, 0.2) is 0 Å². The van der Waals surface area contributed by atoms with Gasteiger partial charge in [0.1, 0.15) is 0 Å². The maximum atomic E-state index is 12.6. The molecule has 0 nitrogen and oxygen atoms in total. The lowest BCUT2D eigenvalue weighted by atomic mass is 9.92. The van der Waals surface area contributed by atoms with E-state index in [1.54, 1.807) is 0 Å². The van der Waals surface area contributed by atoms with Gasteiger partial charge in [-0.25, -0.2) is 8.78 Å². The zero-order valence-electron chi connectivity index (χ0n) is 7.99. The summed E-state index contributed by atoms with van der Waals surface area (Å²) in [5.74, 6) is -7.44. The first-order valence-corrected chi connectivity index (χ1v) is 3.81. The molecule has 1 atom stereocenters. The fourth-order valence-electron chi connectivity index (χ4n) is 0.919. The highest BCUT2D eigenvalue weighted by Gasteiger charge is 2.88. The van der Waals surface area contributed by atoms with Crippen molar-refractivity contribution in [3.63, 3.8) is 0 Å². The zero-order valence-corrected chi connectivity index (χ0v) is 7.99. The Balaban J connectivity index is 6.06. The normalized spacial score (nSPS) is 17.5. The van der Waals surface area contributed by atoms with E-state index in [0.29, 0.717) is 0 Å². The summed E-state index contributed by atoms with van der Waals surface area (Å²) in [5, 5.41) is 0. The molecule has 0 spiro atoms. The molecule has 19 heavy (non-hydrogen) atoms. The monoisotopic (exact) mass is 320 g/mol. The molecule has 0 aliphatic rings. The molecule has 116 valence electrons. The van der Waals surface area contributed by atoms with Gasteiger partial charge < -0.3 is 0 Å². The molecule has 0 aromatic carbocycles. The summed E-state index contributed by atoms with van der Waals surface area (Å²) in [7, 11) is 0. The molecule has 0 heterocycles. The average molecular weight is 320 g/mol. The van der Waals surface area contributed by atoms with Crippen LogP contribution in [0, 0.1) is 0 Å². The van der Waals surface area contributed by atoms with Gasteiger partial charge in [0.05, 0.1) is 0 Å². The summed E-state index contributed by atoms with van der Waals surface area (Å²) >= 11 is 0. The van der Waals surface area contributed by atoms with Gasteiger partial charge in [-0.2, -0.15) is 48.3 Å². The van der Waals surface area contributed by atoms with Crippen molar-refractivity contribution < 1.29 is 57.1 Å². The van der Waals surface area contributed by atoms with E-state index in [1.165, 1.54) is 0 Å². The topological polar surface area (TPSA) is 0 Å². The van der Waals surface area contributed by atoms with Crippen LogP contribution in [0.1, 0.15) is 0 Å². The molecule has 1 unspecified atom stereocenters. The van der Waals surface area contributed by atoms with Crippen LogP contribution in [-0.4, -0.2) is 36.3 Å². The van der Waals surface area contributed by atoms with Gasteiger partial charge in [0, 0.05) is 0 Å². The van der Waals surface area contributed by atoms with Gasteiger partial charge in [0.2, 0.25) is 0 Å². The summed E-state index contributed by atoms with van der Waals surface area (Å²) in [6, 6.07) is 0. The van der Waals surface area contributed by atoms with Crippen LogP contribution < -0.4 is 0 Å². The molecule has 0 aliphatic heterocycles. The average Bonchev–Trinajstić information content (AvgIpc) is 2.09. The highest BCUT2D eigenvalue weighted by molar-refractivity contribution is 5.09. The minimum Gasteiger partial charge on any atom is -0.231 e. The first-order valence-electron chi connectivity index (χ1n) is 3.81. The fraction of sp³-hybridized carbons (Fsp3) is 1.00. The summed E-state index contributed by atoms with van der Waals surface area (Å²) in [5.41, 5.74) is -7.68. The standard InChI is InChI=1S/C6HF13/c7-1(3(10,11)12)2(8,9)4(13,5(14,15)16)6(17,18)19/h1H. The Kier molecular flexibility index (Phi) is 4.09. The second-order valence-electron chi connectivity index (χ2n) is 3.18. The highest BCUT2D eigenvalue weighted by atomic mass is 19.4. The van der Waals surface area contributed by atoms with Crippen LogP contribution in [0.4, 0.5) is 57.1 Å². The number of hydrogen-bond acceptors (Lipinski definition) is 0. The molecular formula is C6HF13. The summed E-state index contributed by atoms with van der Waals surface area (Å²) in [6.07, 6.45) is -27.8. The molecule has 0 saturated heterocycles. The van der Waals surface area contributed by atoms with Gasteiger partial charge in [-0.15, -0.1) is 0 Å². The van der Waals surface area contributed by atoms with Crippen LogP contribution in [0.2, 0.25) is 0 Å². The van der Waals surface area contributed by atoms with Gasteiger partial charge in [-0.05, 0) is 0 Å². The van der Waals surface area contributed by atoms with E-state index in [4.69, 9.17) is 0 Å². The molecule has 0 bridgehead atoms. The van der Waals surface area contributed by atoms with Crippen molar-refractivity contribution in [3.05, 3.63) is 0 Å². The molecule has 0 saturated carbocycles. The first kappa shape index (κ1) is 18.1. The van der Waals surface area contributed by atoms with Crippen molar-refractivity contribution in [2.75, 3.05) is 0 Å². The second-order valence-corrected chi connectivity index (χ2v) is 3.18. The van der Waals surface area contributed by atoms with Gasteiger partial charge >= 0.3 is 30.1 Å². The van der Waals surface area contributed by atoms with Crippen molar-refractivity contribution in [2.45, 2.75) is 36.3 Å². The SMILES string of the molecule is FC(C(F)(F)F)C(F)(F)C(F)(C(F)(F)F)C(F)(F)F. The molecule has 0 aliphatic carbocycles. The lowest BCUT2D eigenvalue weighted by Crippen LogP contribution is -2.69. The van der Waals surface area contributed by atoms with Crippen molar-refractivity contribution in [2.24, 2.45) is 0 Å². The van der Waals surface area contributed by atoms with Gasteiger partial charge in [0.25, 0.3) is 6.17 Å². The molecule has 0 N–H and O–H groups in total. The van der Waals surface area contributed by atoms with Crippen LogP contribution in [0.5, 0.6) is 0 Å². The Hall–Kier alpha value is -0.910. The van der Waals surface area contributed by atoms with E-state index in [0.717, 1.165) is 0 Å². The predicted molar refractivity (Wildman–Crippen MR) is 31.8 cm³/mol. The number of rotatable bonds is 2. The summed E-state index contributed by atoms with van der Waals surface area (Å²) in [4.78, 5) is 0. The maximum absolute atomic E-state index is 12.6. The van der Waals surface area contributed by atoms with Crippen LogP contribution in [0.15, 0.2) is 0 Å². The minimum atomic E-state index is -7.68. The first-order chi connectivity index (χ1) is 7.90. The lowest BCUT2D eigenvalue weighted by Gasteiger charge is -2.37. The van der Waals surface area contributed by atoms with Crippen molar-refractivity contribution in [1.82, 2.24) is 0 Å². The molecule has 0 radical (unpaired) electrons. The molecular weight excluding hydrogens is 319 g/mol. The van der Waals surface area contributed by atoms with E-state index in [9.17, 15) is 57.1 Å². The Morgan fingerprint density at radius 1 is 0.526 bits per heavy atom.